The molecule has 0 radical (unpaired) electrons. The average molecular weight is 317 g/mol. The molecule has 6 nitrogen and oxygen atoms in total. The number of anilines is 1. The molecule has 0 unspecified atom stereocenters. The Morgan fingerprint density at radius 1 is 1.29 bits per heavy atom. The number of hydrogen-bond acceptors (Lipinski definition) is 4. The summed E-state index contributed by atoms with van der Waals surface area (Å²) in [6.07, 6.45) is -1.78. The van der Waals surface area contributed by atoms with Crippen molar-refractivity contribution in [3.8, 4) is 11.3 Å². The number of aromatic nitrogens is 5. The van der Waals surface area contributed by atoms with Crippen LogP contribution in [0.4, 0.5) is 19.1 Å². The molecule has 0 aliphatic heterocycles. The summed E-state index contributed by atoms with van der Waals surface area (Å²) in [5.74, 6) is 0.0428. The number of pyridine rings is 1. The van der Waals surface area contributed by atoms with Crippen molar-refractivity contribution >= 4 is 23.2 Å². The Labute approximate surface area is 120 Å². The standard InChI is InChI=1S/C11H8ClF3N6/c12-7-1-8(21-9(2-7)18-10(16)19-21)6-3-17-20(4-6)5-11(13,14)15/h1-4H,5H2,(H2,16,19). The van der Waals surface area contributed by atoms with Crippen LogP contribution in [0.25, 0.3) is 16.9 Å². The normalized spacial score (nSPS) is 12.2. The topological polar surface area (TPSA) is 74.0 Å². The highest BCUT2D eigenvalue weighted by atomic mass is 35.5. The molecule has 3 rings (SSSR count). The third-order valence-corrected chi connectivity index (χ3v) is 2.91. The van der Waals surface area contributed by atoms with Gasteiger partial charge >= 0.3 is 6.18 Å². The number of hydrogen-bond donors (Lipinski definition) is 1. The van der Waals surface area contributed by atoms with Crippen LogP contribution in [-0.4, -0.2) is 30.6 Å². The molecule has 2 N–H and O–H groups in total. The Hall–Kier alpha value is -2.29. The third-order valence-electron chi connectivity index (χ3n) is 2.69. The van der Waals surface area contributed by atoms with Gasteiger partial charge in [-0.05, 0) is 6.07 Å². The Morgan fingerprint density at radius 3 is 2.76 bits per heavy atom. The number of alkyl halides is 3. The fourth-order valence-corrected chi connectivity index (χ4v) is 2.14. The molecule has 110 valence electrons. The maximum atomic E-state index is 12.3. The van der Waals surface area contributed by atoms with Crippen LogP contribution in [0.15, 0.2) is 24.5 Å². The maximum Gasteiger partial charge on any atom is 0.408 e. The van der Waals surface area contributed by atoms with Gasteiger partial charge < -0.3 is 5.73 Å². The third kappa shape index (κ3) is 2.77. The Kier molecular flexibility index (Phi) is 3.01. The molecule has 21 heavy (non-hydrogen) atoms. The van der Waals surface area contributed by atoms with E-state index < -0.39 is 12.7 Å². The van der Waals surface area contributed by atoms with Gasteiger partial charge in [0.2, 0.25) is 5.95 Å². The minimum atomic E-state index is -4.34. The molecule has 0 atom stereocenters. The summed E-state index contributed by atoms with van der Waals surface area (Å²) in [6, 6.07) is 3.10. The number of fused-ring (bicyclic) bond motifs is 1. The van der Waals surface area contributed by atoms with Gasteiger partial charge in [0.1, 0.15) is 6.54 Å². The molecule has 0 aliphatic rings. The van der Waals surface area contributed by atoms with Crippen molar-refractivity contribution in [1.82, 2.24) is 24.4 Å². The Morgan fingerprint density at radius 2 is 2.05 bits per heavy atom. The number of nitrogens with two attached hydrogens (primary N) is 1. The number of nitrogens with zero attached hydrogens (tertiary/aromatic N) is 5. The SMILES string of the molecule is Nc1nc2cc(Cl)cc(-c3cnn(CC(F)(F)F)c3)n2n1. The lowest BCUT2D eigenvalue weighted by molar-refractivity contribution is -0.142. The molecule has 0 amide bonds. The predicted molar refractivity (Wildman–Crippen MR) is 69.7 cm³/mol. The quantitative estimate of drug-likeness (QED) is 0.788. The molecule has 3 aromatic heterocycles. The van der Waals surface area contributed by atoms with Crippen LogP contribution in [0.2, 0.25) is 5.02 Å². The van der Waals surface area contributed by atoms with E-state index in [1.807, 2.05) is 0 Å². The van der Waals surface area contributed by atoms with Crippen LogP contribution in [-0.2, 0) is 6.54 Å². The van der Waals surface area contributed by atoms with Crippen LogP contribution in [0.1, 0.15) is 0 Å². The average Bonchev–Trinajstić information content (AvgIpc) is 2.91. The molecule has 3 aromatic rings. The maximum absolute atomic E-state index is 12.3. The molecular formula is C11H8ClF3N6. The molecule has 0 saturated carbocycles. The van der Waals surface area contributed by atoms with Gasteiger partial charge in [-0.1, -0.05) is 11.6 Å². The number of halogens is 4. The first kappa shape index (κ1) is 13.7. The van der Waals surface area contributed by atoms with Crippen molar-refractivity contribution < 1.29 is 13.2 Å². The second-order valence-corrected chi connectivity index (χ2v) is 4.78. The molecule has 3 heterocycles. The molecule has 0 spiro atoms. The molecule has 10 heteroatoms. The summed E-state index contributed by atoms with van der Waals surface area (Å²) < 4.78 is 39.2. The Balaban J connectivity index is 2.08. The van der Waals surface area contributed by atoms with Crippen molar-refractivity contribution in [2.75, 3.05) is 5.73 Å². The summed E-state index contributed by atoms with van der Waals surface area (Å²) in [5, 5.41) is 8.03. The lowest BCUT2D eigenvalue weighted by Gasteiger charge is -2.05. The zero-order valence-electron chi connectivity index (χ0n) is 10.3. The molecule has 0 fully saturated rings. The Bertz CT molecular complexity index is 806. The van der Waals surface area contributed by atoms with Gasteiger partial charge in [-0.15, -0.1) is 5.10 Å². The van der Waals surface area contributed by atoms with Gasteiger partial charge in [-0.2, -0.15) is 23.3 Å². The van der Waals surface area contributed by atoms with Crippen molar-refractivity contribution in [2.45, 2.75) is 12.7 Å². The first-order chi connectivity index (χ1) is 9.82. The van der Waals surface area contributed by atoms with Gasteiger partial charge in [0.25, 0.3) is 0 Å². The summed E-state index contributed by atoms with van der Waals surface area (Å²) in [4.78, 5) is 3.96. The van der Waals surface area contributed by atoms with Crippen LogP contribution >= 0.6 is 11.6 Å². The number of nitrogen functional groups attached to an aromatic ring is 1. The largest absolute Gasteiger partial charge is 0.408 e. The zero-order chi connectivity index (χ0) is 15.2. The van der Waals surface area contributed by atoms with E-state index in [4.69, 9.17) is 17.3 Å². The summed E-state index contributed by atoms with van der Waals surface area (Å²) in [6.45, 7) is -1.17. The first-order valence-corrected chi connectivity index (χ1v) is 6.11. The monoisotopic (exact) mass is 316 g/mol. The van der Waals surface area contributed by atoms with E-state index in [-0.39, 0.29) is 5.95 Å². The number of rotatable bonds is 2. The van der Waals surface area contributed by atoms with E-state index in [0.29, 0.717) is 21.9 Å². The molecule has 0 saturated heterocycles. The minimum Gasteiger partial charge on any atom is -0.366 e. The van der Waals surface area contributed by atoms with E-state index >= 15 is 0 Å². The lowest BCUT2D eigenvalue weighted by Crippen LogP contribution is -2.17. The highest BCUT2D eigenvalue weighted by molar-refractivity contribution is 6.31. The highest BCUT2D eigenvalue weighted by Crippen LogP contribution is 2.25. The van der Waals surface area contributed by atoms with E-state index in [1.165, 1.54) is 16.9 Å². The van der Waals surface area contributed by atoms with E-state index in [0.717, 1.165) is 4.68 Å². The van der Waals surface area contributed by atoms with Gasteiger partial charge in [-0.25, -0.2) is 4.52 Å². The fraction of sp³-hybridized carbons (Fsp3) is 0.182. The van der Waals surface area contributed by atoms with Crippen LogP contribution in [0.3, 0.4) is 0 Å². The zero-order valence-corrected chi connectivity index (χ0v) is 11.1. The van der Waals surface area contributed by atoms with Crippen LogP contribution in [0, 0.1) is 0 Å². The second-order valence-electron chi connectivity index (χ2n) is 4.34. The predicted octanol–water partition coefficient (Wildman–Crippen LogP) is 2.39. The summed E-state index contributed by atoms with van der Waals surface area (Å²) in [5.41, 5.74) is 6.80. The fourth-order valence-electron chi connectivity index (χ4n) is 1.94. The summed E-state index contributed by atoms with van der Waals surface area (Å²) in [7, 11) is 0. The van der Waals surface area contributed by atoms with Crippen molar-refractivity contribution in [2.24, 2.45) is 0 Å². The molecular weight excluding hydrogens is 309 g/mol. The molecule has 0 bridgehead atoms. The van der Waals surface area contributed by atoms with Crippen LogP contribution < -0.4 is 5.73 Å². The van der Waals surface area contributed by atoms with Gasteiger partial charge in [0.05, 0.1) is 11.9 Å². The minimum absolute atomic E-state index is 0.0428. The summed E-state index contributed by atoms with van der Waals surface area (Å²) >= 11 is 5.97. The van der Waals surface area contributed by atoms with E-state index in [2.05, 4.69) is 15.2 Å². The van der Waals surface area contributed by atoms with E-state index in [9.17, 15) is 13.2 Å². The highest BCUT2D eigenvalue weighted by Gasteiger charge is 2.28. The lowest BCUT2D eigenvalue weighted by atomic mass is 10.2. The second kappa shape index (κ2) is 4.62. The van der Waals surface area contributed by atoms with Crippen molar-refractivity contribution in [3.05, 3.63) is 29.5 Å². The molecule has 0 aromatic carbocycles. The van der Waals surface area contributed by atoms with Gasteiger partial charge in [0, 0.05) is 22.8 Å². The van der Waals surface area contributed by atoms with Crippen LogP contribution in [0.5, 0.6) is 0 Å². The van der Waals surface area contributed by atoms with Gasteiger partial charge in [-0.3, -0.25) is 4.68 Å². The first-order valence-electron chi connectivity index (χ1n) is 5.73. The molecule has 0 aliphatic carbocycles. The smallest absolute Gasteiger partial charge is 0.366 e. The van der Waals surface area contributed by atoms with E-state index in [1.54, 1.807) is 12.1 Å². The van der Waals surface area contributed by atoms with Crippen molar-refractivity contribution in [1.29, 1.82) is 0 Å². The van der Waals surface area contributed by atoms with Crippen molar-refractivity contribution in [3.63, 3.8) is 0 Å². The van der Waals surface area contributed by atoms with Gasteiger partial charge in [0.15, 0.2) is 5.65 Å².